The molecule has 0 saturated carbocycles. The highest BCUT2D eigenvalue weighted by Crippen LogP contribution is 2.27. The molecule has 2 N–H and O–H groups in total. The summed E-state index contributed by atoms with van der Waals surface area (Å²) in [4.78, 5) is 22.3. The van der Waals surface area contributed by atoms with E-state index in [9.17, 15) is 18.0 Å². The van der Waals surface area contributed by atoms with Crippen LogP contribution in [0.2, 0.25) is 0 Å². The number of hydrogen-bond donors (Lipinski definition) is 1. The van der Waals surface area contributed by atoms with Crippen molar-refractivity contribution < 1.29 is 22.7 Å². The van der Waals surface area contributed by atoms with E-state index >= 15 is 0 Å². The normalized spacial score (nSPS) is 11.7. The van der Waals surface area contributed by atoms with Crippen LogP contribution in [0, 0.1) is 6.92 Å². The summed E-state index contributed by atoms with van der Waals surface area (Å²) in [5, 5.41) is 1.55. The van der Waals surface area contributed by atoms with Crippen LogP contribution in [0.5, 0.6) is 0 Å². The molecule has 2 aromatic carbocycles. The van der Waals surface area contributed by atoms with Crippen LogP contribution in [0.4, 0.5) is 0 Å². The van der Waals surface area contributed by atoms with Gasteiger partial charge in [-0.25, -0.2) is 12.7 Å². The largest absolute Gasteiger partial charge is 0.456 e. The fraction of sp³-hybridized carbons (Fsp3) is 0.333. The number of aryl methyl sites for hydroxylation is 1. The Morgan fingerprint density at radius 1 is 1.12 bits per heavy atom. The number of primary amides is 1. The number of carbonyl (C=O) groups excluding carboxylic acids is 2. The molecule has 0 aliphatic heterocycles. The minimum atomic E-state index is -3.70. The van der Waals surface area contributed by atoms with E-state index in [1.54, 1.807) is 18.2 Å². The number of ether oxygens (including phenoxy) is 1. The maximum absolute atomic E-state index is 12.9. The third-order valence-corrected chi connectivity index (χ3v) is 5.93. The second-order valence-electron chi connectivity index (χ2n) is 5.98. The number of fused-ring (bicyclic) bond motifs is 1. The maximum Gasteiger partial charge on any atom is 0.306 e. The number of benzene rings is 2. The van der Waals surface area contributed by atoms with Crippen LogP contribution in [0.3, 0.4) is 0 Å². The van der Waals surface area contributed by atoms with E-state index in [0.29, 0.717) is 5.39 Å². The van der Waals surface area contributed by atoms with E-state index in [4.69, 9.17) is 5.73 Å². The standard InChI is InChI=1S/C18H22N2O5S/c1-13-6-3-8-15-14(13)7-4-9-16(15)26(23,24)20(2)11-5-10-18(22)25-12-17(19)21/h3-4,6-9H,5,10-12H2,1-2H3,(H2,19,21). The third kappa shape index (κ3) is 4.59. The van der Waals surface area contributed by atoms with E-state index < -0.39 is 28.5 Å². The van der Waals surface area contributed by atoms with Crippen molar-refractivity contribution in [1.29, 1.82) is 0 Å². The van der Waals surface area contributed by atoms with E-state index in [2.05, 4.69) is 4.74 Å². The fourth-order valence-electron chi connectivity index (χ4n) is 2.62. The molecule has 2 aromatic rings. The van der Waals surface area contributed by atoms with Gasteiger partial charge >= 0.3 is 5.97 Å². The summed E-state index contributed by atoms with van der Waals surface area (Å²) in [6, 6.07) is 10.7. The van der Waals surface area contributed by atoms with Crippen LogP contribution < -0.4 is 5.73 Å². The molecular formula is C18H22N2O5S. The Labute approximate surface area is 152 Å². The topological polar surface area (TPSA) is 107 Å². The molecule has 7 nitrogen and oxygen atoms in total. The first-order valence-corrected chi connectivity index (χ1v) is 9.56. The number of hydrogen-bond acceptors (Lipinski definition) is 5. The van der Waals surface area contributed by atoms with E-state index in [-0.39, 0.29) is 24.3 Å². The fourth-order valence-corrected chi connectivity index (χ4v) is 4.03. The van der Waals surface area contributed by atoms with Gasteiger partial charge in [0, 0.05) is 25.4 Å². The van der Waals surface area contributed by atoms with Gasteiger partial charge in [0.15, 0.2) is 6.61 Å². The number of carbonyl (C=O) groups is 2. The van der Waals surface area contributed by atoms with Crippen LogP contribution in [-0.2, 0) is 24.3 Å². The van der Waals surface area contributed by atoms with Crippen molar-refractivity contribution in [2.75, 3.05) is 20.2 Å². The highest BCUT2D eigenvalue weighted by atomic mass is 32.2. The van der Waals surface area contributed by atoms with Crippen LogP contribution in [-0.4, -0.2) is 44.8 Å². The van der Waals surface area contributed by atoms with Crippen LogP contribution in [0.1, 0.15) is 18.4 Å². The molecule has 0 unspecified atom stereocenters. The summed E-state index contributed by atoms with van der Waals surface area (Å²) in [6.45, 7) is 1.61. The lowest BCUT2D eigenvalue weighted by atomic mass is 10.1. The van der Waals surface area contributed by atoms with Crippen LogP contribution in [0.25, 0.3) is 10.8 Å². The lowest BCUT2D eigenvalue weighted by molar-refractivity contribution is -0.147. The third-order valence-electron chi connectivity index (χ3n) is 4.02. The summed E-state index contributed by atoms with van der Waals surface area (Å²) >= 11 is 0. The molecule has 0 bridgehead atoms. The summed E-state index contributed by atoms with van der Waals surface area (Å²) in [6.07, 6.45) is 0.277. The van der Waals surface area contributed by atoms with Gasteiger partial charge in [-0.15, -0.1) is 0 Å². The molecule has 0 heterocycles. The predicted molar refractivity (Wildman–Crippen MR) is 97.9 cm³/mol. The molecule has 0 spiro atoms. The zero-order valence-electron chi connectivity index (χ0n) is 14.8. The van der Waals surface area contributed by atoms with Gasteiger partial charge in [-0.3, -0.25) is 9.59 Å². The molecule has 0 aliphatic carbocycles. The minimum absolute atomic E-state index is 0.00177. The average molecular weight is 378 g/mol. The first kappa shape index (κ1) is 19.9. The summed E-state index contributed by atoms with van der Waals surface area (Å²) in [7, 11) is -2.23. The van der Waals surface area contributed by atoms with Crippen molar-refractivity contribution in [2.45, 2.75) is 24.7 Å². The van der Waals surface area contributed by atoms with Crippen molar-refractivity contribution in [1.82, 2.24) is 4.31 Å². The smallest absolute Gasteiger partial charge is 0.306 e. The highest BCUT2D eigenvalue weighted by Gasteiger charge is 2.23. The first-order chi connectivity index (χ1) is 12.2. The van der Waals surface area contributed by atoms with Gasteiger partial charge in [0.2, 0.25) is 10.0 Å². The summed E-state index contributed by atoms with van der Waals surface area (Å²) < 4.78 is 31.7. The highest BCUT2D eigenvalue weighted by molar-refractivity contribution is 7.89. The zero-order valence-corrected chi connectivity index (χ0v) is 15.6. The molecule has 0 fully saturated rings. The SMILES string of the molecule is Cc1cccc2c(S(=O)(=O)N(C)CCCC(=O)OCC(N)=O)cccc12. The Kier molecular flexibility index (Phi) is 6.33. The number of amides is 1. The molecule has 2 rings (SSSR count). The molecule has 8 heteroatoms. The van der Waals surface area contributed by atoms with E-state index in [0.717, 1.165) is 10.9 Å². The Hall–Kier alpha value is -2.45. The van der Waals surface area contributed by atoms with Crippen molar-refractivity contribution in [3.05, 3.63) is 42.0 Å². The number of nitrogens with zero attached hydrogens (tertiary/aromatic N) is 1. The van der Waals surface area contributed by atoms with Gasteiger partial charge < -0.3 is 10.5 Å². The maximum atomic E-state index is 12.9. The van der Waals surface area contributed by atoms with Crippen molar-refractivity contribution in [3.8, 4) is 0 Å². The van der Waals surface area contributed by atoms with Gasteiger partial charge in [0.25, 0.3) is 5.91 Å². The molecular weight excluding hydrogens is 356 g/mol. The molecule has 0 aromatic heterocycles. The van der Waals surface area contributed by atoms with Crippen LogP contribution >= 0.6 is 0 Å². The summed E-state index contributed by atoms with van der Waals surface area (Å²) in [5.41, 5.74) is 5.89. The predicted octanol–water partition coefficient (Wildman–Crippen LogP) is 1.58. The first-order valence-electron chi connectivity index (χ1n) is 8.12. The van der Waals surface area contributed by atoms with E-state index in [1.165, 1.54) is 11.4 Å². The molecule has 0 saturated heterocycles. The van der Waals surface area contributed by atoms with Gasteiger partial charge in [0.05, 0.1) is 4.90 Å². The van der Waals surface area contributed by atoms with Gasteiger partial charge in [-0.1, -0.05) is 30.3 Å². The Morgan fingerprint density at radius 3 is 2.46 bits per heavy atom. The second kappa shape index (κ2) is 8.29. The molecule has 1 amide bonds. The minimum Gasteiger partial charge on any atom is -0.456 e. The Morgan fingerprint density at radius 2 is 1.77 bits per heavy atom. The lowest BCUT2D eigenvalue weighted by Crippen LogP contribution is -2.29. The number of rotatable bonds is 8. The molecule has 0 atom stereocenters. The summed E-state index contributed by atoms with van der Waals surface area (Å²) in [5.74, 6) is -1.32. The quantitative estimate of drug-likeness (QED) is 0.702. The van der Waals surface area contributed by atoms with Crippen molar-refractivity contribution in [2.24, 2.45) is 5.73 Å². The Balaban J connectivity index is 2.09. The van der Waals surface area contributed by atoms with Gasteiger partial charge in [-0.05, 0) is 30.4 Å². The number of esters is 1. The lowest BCUT2D eigenvalue weighted by Gasteiger charge is -2.18. The number of sulfonamides is 1. The average Bonchev–Trinajstić information content (AvgIpc) is 2.59. The van der Waals surface area contributed by atoms with Crippen molar-refractivity contribution >= 4 is 32.7 Å². The zero-order chi connectivity index (χ0) is 19.3. The molecule has 140 valence electrons. The second-order valence-corrected chi connectivity index (χ2v) is 8.00. The number of nitrogens with two attached hydrogens (primary N) is 1. The van der Waals surface area contributed by atoms with E-state index in [1.807, 2.05) is 25.1 Å². The van der Waals surface area contributed by atoms with Gasteiger partial charge in [0.1, 0.15) is 0 Å². The van der Waals surface area contributed by atoms with Gasteiger partial charge in [-0.2, -0.15) is 0 Å². The van der Waals surface area contributed by atoms with Crippen LogP contribution in [0.15, 0.2) is 41.3 Å². The Bertz CT molecular complexity index is 924. The molecule has 0 radical (unpaired) electrons. The monoisotopic (exact) mass is 378 g/mol. The van der Waals surface area contributed by atoms with Crippen molar-refractivity contribution in [3.63, 3.8) is 0 Å². The molecule has 26 heavy (non-hydrogen) atoms. The molecule has 0 aliphatic rings.